The summed E-state index contributed by atoms with van der Waals surface area (Å²) in [7, 11) is 0. The lowest BCUT2D eigenvalue weighted by molar-refractivity contribution is -0.141. The van der Waals surface area contributed by atoms with E-state index in [1.165, 1.54) is 0 Å². The van der Waals surface area contributed by atoms with Gasteiger partial charge < -0.3 is 0 Å². The Balaban J connectivity index is 3.70. The normalized spacial score (nSPS) is 11.8. The van der Waals surface area contributed by atoms with E-state index in [1.54, 1.807) is 0 Å². The van der Waals surface area contributed by atoms with Crippen molar-refractivity contribution in [1.82, 2.24) is 4.98 Å². The predicted octanol–water partition coefficient (Wildman–Crippen LogP) is 3.18. The number of pyridine rings is 1. The lowest BCUT2D eigenvalue weighted by Crippen LogP contribution is -2.17. The highest BCUT2D eigenvalue weighted by Crippen LogP contribution is 2.34. The van der Waals surface area contributed by atoms with Crippen LogP contribution in [0.25, 0.3) is 0 Å². The summed E-state index contributed by atoms with van der Waals surface area (Å²) in [5, 5.41) is -2.58. The summed E-state index contributed by atoms with van der Waals surface area (Å²) in [6.45, 7) is 0. The van der Waals surface area contributed by atoms with E-state index in [0.29, 0.717) is 6.07 Å². The third-order valence-corrected chi connectivity index (χ3v) is 2.47. The molecule has 0 atom stereocenters. The van der Waals surface area contributed by atoms with Crippen LogP contribution >= 0.6 is 25.3 Å². The standard InChI is InChI=1S/C9H4F5NO2S2/c10-6(11)4-2(7(16)18)1-3(8(17)19)5(15-4)9(12,13)14/h1,6H,(H,16,18)(H,17,19). The molecule has 1 heterocycles. The molecule has 19 heavy (non-hydrogen) atoms. The van der Waals surface area contributed by atoms with Crippen molar-refractivity contribution in [3.8, 4) is 0 Å². The molecule has 104 valence electrons. The number of hydrogen-bond acceptors (Lipinski definition) is 3. The van der Waals surface area contributed by atoms with Crippen molar-refractivity contribution < 1.29 is 31.5 Å². The number of carbonyl (C=O) groups excluding carboxylic acids is 2. The van der Waals surface area contributed by atoms with E-state index < -0.39 is 45.3 Å². The van der Waals surface area contributed by atoms with E-state index in [1.807, 2.05) is 0 Å². The monoisotopic (exact) mass is 317 g/mol. The van der Waals surface area contributed by atoms with Crippen molar-refractivity contribution in [2.24, 2.45) is 0 Å². The Morgan fingerprint density at radius 1 is 1.11 bits per heavy atom. The quantitative estimate of drug-likeness (QED) is 0.665. The van der Waals surface area contributed by atoms with Crippen LogP contribution in [-0.4, -0.2) is 15.2 Å². The second-order valence-corrected chi connectivity index (χ2v) is 4.04. The Morgan fingerprint density at radius 3 is 1.89 bits per heavy atom. The minimum Gasteiger partial charge on any atom is -0.282 e. The predicted molar refractivity (Wildman–Crippen MR) is 60.8 cm³/mol. The van der Waals surface area contributed by atoms with Crippen LogP contribution in [0, 0.1) is 0 Å². The molecule has 10 heteroatoms. The number of thiol groups is 2. The molecule has 1 rings (SSSR count). The average molecular weight is 317 g/mol. The summed E-state index contributed by atoms with van der Waals surface area (Å²) in [5.41, 5.74) is -5.16. The van der Waals surface area contributed by atoms with Crippen LogP contribution in [0.4, 0.5) is 22.0 Å². The Morgan fingerprint density at radius 2 is 1.58 bits per heavy atom. The molecule has 0 spiro atoms. The Hall–Kier alpha value is -1.16. The van der Waals surface area contributed by atoms with Crippen LogP contribution < -0.4 is 0 Å². The summed E-state index contributed by atoms with van der Waals surface area (Å²) in [4.78, 5) is 24.6. The first kappa shape index (κ1) is 15.9. The molecule has 0 N–H and O–H groups in total. The van der Waals surface area contributed by atoms with Gasteiger partial charge in [0.1, 0.15) is 5.69 Å². The topological polar surface area (TPSA) is 47.0 Å². The van der Waals surface area contributed by atoms with Crippen LogP contribution in [0.2, 0.25) is 0 Å². The molecule has 1 aromatic rings. The SMILES string of the molecule is O=C(S)c1cc(C(=O)S)c(C(F)(F)F)nc1C(F)F. The first-order valence-corrected chi connectivity index (χ1v) is 5.32. The second kappa shape index (κ2) is 5.45. The minimum atomic E-state index is -5.13. The number of halogens is 5. The molecule has 0 saturated carbocycles. The van der Waals surface area contributed by atoms with Gasteiger partial charge in [-0.05, 0) is 6.07 Å². The number of alkyl halides is 5. The summed E-state index contributed by atoms with van der Waals surface area (Å²) in [5.74, 6) is 0. The fraction of sp³-hybridized carbons (Fsp3) is 0.222. The largest absolute Gasteiger partial charge is 0.434 e. The third-order valence-electron chi connectivity index (χ3n) is 1.99. The van der Waals surface area contributed by atoms with E-state index in [2.05, 4.69) is 30.2 Å². The molecule has 1 aromatic heterocycles. The number of aromatic nitrogens is 1. The van der Waals surface area contributed by atoms with Crippen molar-refractivity contribution in [2.75, 3.05) is 0 Å². The van der Waals surface area contributed by atoms with Crippen LogP contribution in [0.15, 0.2) is 6.07 Å². The number of hydrogen-bond donors (Lipinski definition) is 2. The van der Waals surface area contributed by atoms with Crippen LogP contribution in [-0.2, 0) is 6.18 Å². The molecule has 0 amide bonds. The molecular weight excluding hydrogens is 313 g/mol. The molecule has 0 bridgehead atoms. The smallest absolute Gasteiger partial charge is 0.282 e. The van der Waals surface area contributed by atoms with Crippen molar-refractivity contribution >= 4 is 35.5 Å². The lowest BCUT2D eigenvalue weighted by atomic mass is 10.1. The molecule has 0 aromatic carbocycles. The highest BCUT2D eigenvalue weighted by atomic mass is 32.1. The van der Waals surface area contributed by atoms with Gasteiger partial charge in [-0.3, -0.25) is 9.59 Å². The van der Waals surface area contributed by atoms with Gasteiger partial charge in [0, 0.05) is 0 Å². The maximum absolute atomic E-state index is 12.6. The molecular formula is C9H4F5NO2S2. The Bertz CT molecular complexity index is 544. The van der Waals surface area contributed by atoms with Gasteiger partial charge in [-0.2, -0.15) is 13.2 Å². The molecule has 0 aliphatic rings. The number of nitrogens with zero attached hydrogens (tertiary/aromatic N) is 1. The van der Waals surface area contributed by atoms with Gasteiger partial charge in [-0.15, -0.1) is 25.3 Å². The number of rotatable bonds is 3. The van der Waals surface area contributed by atoms with E-state index in [0.717, 1.165) is 0 Å². The van der Waals surface area contributed by atoms with E-state index in [9.17, 15) is 31.5 Å². The highest BCUT2D eigenvalue weighted by Gasteiger charge is 2.39. The van der Waals surface area contributed by atoms with Gasteiger partial charge in [0.05, 0.1) is 11.1 Å². The molecule has 0 radical (unpaired) electrons. The fourth-order valence-electron chi connectivity index (χ4n) is 1.24. The highest BCUT2D eigenvalue weighted by molar-refractivity contribution is 7.97. The van der Waals surface area contributed by atoms with Gasteiger partial charge >= 0.3 is 6.18 Å². The Labute approximate surface area is 114 Å². The van der Waals surface area contributed by atoms with Gasteiger partial charge in [-0.25, -0.2) is 13.8 Å². The maximum atomic E-state index is 12.6. The molecule has 0 aliphatic heterocycles. The zero-order chi connectivity index (χ0) is 15.0. The summed E-state index contributed by atoms with van der Waals surface area (Å²) in [6, 6.07) is 0.363. The first-order valence-electron chi connectivity index (χ1n) is 4.42. The molecule has 0 fully saturated rings. The van der Waals surface area contributed by atoms with Crippen molar-refractivity contribution in [3.63, 3.8) is 0 Å². The van der Waals surface area contributed by atoms with Crippen molar-refractivity contribution in [2.45, 2.75) is 12.6 Å². The summed E-state index contributed by atoms with van der Waals surface area (Å²) in [6.07, 6.45) is -8.55. The van der Waals surface area contributed by atoms with E-state index in [-0.39, 0.29) is 0 Å². The fourth-order valence-corrected chi connectivity index (χ4v) is 1.59. The molecule has 0 unspecified atom stereocenters. The second-order valence-electron chi connectivity index (χ2n) is 3.23. The molecule has 0 saturated heterocycles. The van der Waals surface area contributed by atoms with Gasteiger partial charge in [0.25, 0.3) is 6.43 Å². The van der Waals surface area contributed by atoms with Gasteiger partial charge in [0.15, 0.2) is 5.69 Å². The van der Waals surface area contributed by atoms with Crippen LogP contribution in [0.5, 0.6) is 0 Å². The minimum absolute atomic E-state index is 0.363. The van der Waals surface area contributed by atoms with Crippen LogP contribution in [0.1, 0.15) is 38.5 Å². The summed E-state index contributed by atoms with van der Waals surface area (Å²) >= 11 is 6.43. The van der Waals surface area contributed by atoms with Crippen molar-refractivity contribution in [3.05, 3.63) is 28.6 Å². The Kier molecular flexibility index (Phi) is 4.56. The molecule has 0 aliphatic carbocycles. The molecule has 3 nitrogen and oxygen atoms in total. The van der Waals surface area contributed by atoms with Crippen LogP contribution in [0.3, 0.4) is 0 Å². The van der Waals surface area contributed by atoms with Gasteiger partial charge in [-0.1, -0.05) is 0 Å². The van der Waals surface area contributed by atoms with E-state index in [4.69, 9.17) is 0 Å². The van der Waals surface area contributed by atoms with Gasteiger partial charge in [0.2, 0.25) is 10.2 Å². The summed E-state index contributed by atoms with van der Waals surface area (Å²) < 4.78 is 62.9. The first-order chi connectivity index (χ1) is 8.55. The lowest BCUT2D eigenvalue weighted by Gasteiger charge is -2.13. The number of carbonyl (C=O) groups is 2. The zero-order valence-electron chi connectivity index (χ0n) is 8.70. The average Bonchev–Trinajstić information content (AvgIpc) is 2.25. The maximum Gasteiger partial charge on any atom is 0.434 e. The van der Waals surface area contributed by atoms with E-state index >= 15 is 0 Å². The zero-order valence-corrected chi connectivity index (χ0v) is 10.5. The third kappa shape index (κ3) is 3.44. The van der Waals surface area contributed by atoms with Crippen molar-refractivity contribution in [1.29, 1.82) is 0 Å².